The van der Waals surface area contributed by atoms with Crippen LogP contribution in [0.15, 0.2) is 54.6 Å². The molecule has 40 heavy (non-hydrogen) atoms. The van der Waals surface area contributed by atoms with Gasteiger partial charge in [0.25, 0.3) is 11.8 Å². The lowest BCUT2D eigenvalue weighted by atomic mass is 10.1. The Morgan fingerprint density at radius 3 is 1.02 bits per heavy atom. The third-order valence-electron chi connectivity index (χ3n) is 4.91. The molecule has 214 valence electrons. The molecule has 3 rings (SSSR count). The van der Waals surface area contributed by atoms with E-state index >= 15 is 0 Å². The highest BCUT2D eigenvalue weighted by atomic mass is 19.4. The largest absolute Gasteiger partial charge is 0.416 e. The Kier molecular flexibility index (Phi) is 7.82. The monoisotopic (exact) mass is 589 g/mol. The Balaban J connectivity index is 1.89. The van der Waals surface area contributed by atoms with Gasteiger partial charge < -0.3 is 10.6 Å². The van der Waals surface area contributed by atoms with Crippen LogP contribution in [0, 0.1) is 0 Å². The number of carbonyl (C=O) groups excluding carboxylic acids is 2. The van der Waals surface area contributed by atoms with Gasteiger partial charge in [-0.2, -0.15) is 52.7 Å². The lowest BCUT2D eigenvalue weighted by Crippen LogP contribution is -2.20. The van der Waals surface area contributed by atoms with Gasteiger partial charge in [-0.05, 0) is 48.5 Å². The summed E-state index contributed by atoms with van der Waals surface area (Å²) in [6, 6.07) is 3.19. The number of hydrogen-bond donors (Lipinski definition) is 2. The third kappa shape index (κ3) is 7.41. The van der Waals surface area contributed by atoms with Crippen LogP contribution in [0.25, 0.3) is 0 Å². The van der Waals surface area contributed by atoms with Crippen LogP contribution in [0.1, 0.15) is 43.2 Å². The molecule has 0 aliphatic rings. The maximum absolute atomic E-state index is 13.0. The zero-order chi connectivity index (χ0) is 30.3. The molecule has 0 atom stereocenters. The van der Waals surface area contributed by atoms with Gasteiger partial charge in [-0.15, -0.1) is 0 Å². The maximum atomic E-state index is 13.0. The average molecular weight is 589 g/mol. The predicted molar refractivity (Wildman–Crippen MR) is 113 cm³/mol. The maximum Gasteiger partial charge on any atom is 0.416 e. The van der Waals surface area contributed by atoms with Crippen molar-refractivity contribution in [3.05, 3.63) is 88.2 Å². The quantitative estimate of drug-likeness (QED) is 0.307. The summed E-state index contributed by atoms with van der Waals surface area (Å²) in [5.41, 5.74) is -10.3. The molecule has 17 heteroatoms. The van der Waals surface area contributed by atoms with E-state index in [9.17, 15) is 62.3 Å². The number of pyridine rings is 1. The van der Waals surface area contributed by atoms with Crippen molar-refractivity contribution >= 4 is 23.2 Å². The first-order valence-corrected chi connectivity index (χ1v) is 10.3. The minimum atomic E-state index is -5.22. The second-order valence-electron chi connectivity index (χ2n) is 7.91. The third-order valence-corrected chi connectivity index (χ3v) is 4.91. The van der Waals surface area contributed by atoms with Gasteiger partial charge in [0, 0.05) is 11.4 Å². The zero-order valence-corrected chi connectivity index (χ0v) is 19.0. The summed E-state index contributed by atoms with van der Waals surface area (Å²) in [7, 11) is 0. The fraction of sp³-hybridized carbons (Fsp3) is 0.174. The Morgan fingerprint density at radius 1 is 0.500 bits per heavy atom. The summed E-state index contributed by atoms with van der Waals surface area (Å²) < 4.78 is 156. The molecule has 0 aliphatic carbocycles. The normalized spacial score (nSPS) is 12.7. The van der Waals surface area contributed by atoms with Gasteiger partial charge in [0.15, 0.2) is 0 Å². The number of halogens is 12. The molecule has 0 aliphatic heterocycles. The highest BCUT2D eigenvalue weighted by Gasteiger charge is 2.38. The molecule has 2 aromatic carbocycles. The molecule has 0 spiro atoms. The van der Waals surface area contributed by atoms with E-state index in [0.717, 1.165) is 18.2 Å². The van der Waals surface area contributed by atoms with Crippen LogP contribution < -0.4 is 10.6 Å². The second-order valence-corrected chi connectivity index (χ2v) is 7.91. The van der Waals surface area contributed by atoms with E-state index in [0.29, 0.717) is 0 Å². The van der Waals surface area contributed by atoms with Crippen molar-refractivity contribution < 1.29 is 62.3 Å². The molecule has 2 amide bonds. The lowest BCUT2D eigenvalue weighted by Gasteiger charge is -2.15. The summed E-state index contributed by atoms with van der Waals surface area (Å²) in [6.45, 7) is 0. The van der Waals surface area contributed by atoms with Gasteiger partial charge in [-0.3, -0.25) is 9.59 Å². The van der Waals surface area contributed by atoms with E-state index in [1.165, 1.54) is 0 Å². The van der Waals surface area contributed by atoms with Crippen LogP contribution in [0.3, 0.4) is 0 Å². The summed E-state index contributed by atoms with van der Waals surface area (Å²) in [6.07, 6.45) is -20.9. The molecule has 2 N–H and O–H groups in total. The number of carbonyl (C=O) groups is 2. The molecular formula is C23H11F12N3O2. The summed E-state index contributed by atoms with van der Waals surface area (Å²) in [5, 5.41) is 3.53. The number of benzene rings is 2. The predicted octanol–water partition coefficient (Wildman–Crippen LogP) is 7.66. The second kappa shape index (κ2) is 10.3. The molecule has 0 fully saturated rings. The van der Waals surface area contributed by atoms with E-state index < -0.39 is 81.5 Å². The first-order valence-electron chi connectivity index (χ1n) is 10.3. The van der Waals surface area contributed by atoms with Crippen molar-refractivity contribution in [1.82, 2.24) is 4.98 Å². The molecule has 3 aromatic rings. The van der Waals surface area contributed by atoms with Crippen molar-refractivity contribution in [3.63, 3.8) is 0 Å². The van der Waals surface area contributed by atoms with Crippen LogP contribution in [-0.2, 0) is 24.7 Å². The number of nitrogens with zero attached hydrogens (tertiary/aromatic N) is 1. The van der Waals surface area contributed by atoms with Crippen LogP contribution in [0.5, 0.6) is 0 Å². The first-order chi connectivity index (χ1) is 18.1. The van der Waals surface area contributed by atoms with Crippen molar-refractivity contribution in [2.75, 3.05) is 10.6 Å². The average Bonchev–Trinajstić information content (AvgIpc) is 2.81. The Hall–Kier alpha value is -4.31. The fourth-order valence-electron chi connectivity index (χ4n) is 3.13. The van der Waals surface area contributed by atoms with Crippen LogP contribution in [0.4, 0.5) is 64.1 Å². The first kappa shape index (κ1) is 30.2. The number of rotatable bonds is 4. The molecule has 1 heterocycles. The Labute approximate surface area is 214 Å². The van der Waals surface area contributed by atoms with Gasteiger partial charge >= 0.3 is 24.7 Å². The van der Waals surface area contributed by atoms with E-state index in [1.807, 2.05) is 0 Å². The van der Waals surface area contributed by atoms with E-state index in [-0.39, 0.29) is 36.4 Å². The van der Waals surface area contributed by atoms with Crippen LogP contribution in [0.2, 0.25) is 0 Å². The molecule has 5 nitrogen and oxygen atoms in total. The molecule has 0 bridgehead atoms. The van der Waals surface area contributed by atoms with Gasteiger partial charge in [0.2, 0.25) is 0 Å². The molecule has 0 saturated heterocycles. The van der Waals surface area contributed by atoms with Gasteiger partial charge in [0.1, 0.15) is 11.4 Å². The number of nitrogens with one attached hydrogen (secondary N) is 2. The van der Waals surface area contributed by atoms with Crippen LogP contribution >= 0.6 is 0 Å². The lowest BCUT2D eigenvalue weighted by molar-refractivity contribution is -0.144. The number of amides is 2. The SMILES string of the molecule is O=C(Nc1cc(C(F)(F)F)cc(C(F)(F)F)c1)c1cccc(C(=O)Nc2cc(C(F)(F)F)cc(C(F)(F)F)c2)n1. The highest BCUT2D eigenvalue weighted by Crippen LogP contribution is 2.39. The van der Waals surface area contributed by atoms with E-state index in [2.05, 4.69) is 4.98 Å². The minimum Gasteiger partial charge on any atom is -0.321 e. The smallest absolute Gasteiger partial charge is 0.321 e. The van der Waals surface area contributed by atoms with E-state index in [1.54, 1.807) is 10.6 Å². The summed E-state index contributed by atoms with van der Waals surface area (Å²) in [4.78, 5) is 28.5. The Morgan fingerprint density at radius 2 is 0.775 bits per heavy atom. The van der Waals surface area contributed by atoms with Crippen molar-refractivity contribution in [3.8, 4) is 0 Å². The molecule has 0 saturated carbocycles. The van der Waals surface area contributed by atoms with Gasteiger partial charge in [0.05, 0.1) is 22.3 Å². The number of aromatic nitrogens is 1. The van der Waals surface area contributed by atoms with Crippen molar-refractivity contribution in [1.29, 1.82) is 0 Å². The van der Waals surface area contributed by atoms with E-state index in [4.69, 9.17) is 0 Å². The van der Waals surface area contributed by atoms with Crippen molar-refractivity contribution in [2.45, 2.75) is 24.7 Å². The molecule has 0 radical (unpaired) electrons. The number of alkyl halides is 12. The molecule has 1 aromatic heterocycles. The number of anilines is 2. The Bertz CT molecular complexity index is 1270. The molecular weight excluding hydrogens is 578 g/mol. The van der Waals surface area contributed by atoms with Crippen molar-refractivity contribution in [2.24, 2.45) is 0 Å². The number of hydrogen-bond acceptors (Lipinski definition) is 3. The minimum absolute atomic E-state index is 0.184. The molecule has 0 unspecified atom stereocenters. The summed E-state index contributed by atoms with van der Waals surface area (Å²) >= 11 is 0. The van der Waals surface area contributed by atoms with Crippen LogP contribution in [-0.4, -0.2) is 16.8 Å². The topological polar surface area (TPSA) is 71.1 Å². The summed E-state index contributed by atoms with van der Waals surface area (Å²) in [5.74, 6) is -2.78. The standard InChI is InChI=1S/C23H11F12N3O2/c24-20(25,26)10-4-11(21(27,28)29)7-14(6-10)36-18(39)16-2-1-3-17(38-16)19(40)37-15-8-12(22(30,31)32)5-13(9-15)23(33,34)35/h1-9H,(H,36,39)(H,37,40). The fourth-order valence-corrected chi connectivity index (χ4v) is 3.13. The highest BCUT2D eigenvalue weighted by molar-refractivity contribution is 6.06. The zero-order valence-electron chi connectivity index (χ0n) is 19.0. The van der Waals surface area contributed by atoms with Gasteiger partial charge in [-0.1, -0.05) is 6.07 Å². The van der Waals surface area contributed by atoms with Gasteiger partial charge in [-0.25, -0.2) is 4.98 Å².